The lowest BCUT2D eigenvalue weighted by molar-refractivity contribution is -0.120. The van der Waals surface area contributed by atoms with Gasteiger partial charge in [-0.25, -0.2) is 0 Å². The fraction of sp³-hybridized carbons (Fsp3) is 0.200. The molecule has 2 N–H and O–H groups in total. The van der Waals surface area contributed by atoms with E-state index in [0.717, 1.165) is 9.35 Å². The summed E-state index contributed by atoms with van der Waals surface area (Å²) in [5.74, 6) is -0.503. The van der Waals surface area contributed by atoms with Crippen molar-refractivity contribution in [3.63, 3.8) is 0 Å². The van der Waals surface area contributed by atoms with Gasteiger partial charge in [-0.3, -0.25) is 9.59 Å². The van der Waals surface area contributed by atoms with E-state index >= 15 is 0 Å². The minimum atomic E-state index is -0.259. The summed E-state index contributed by atoms with van der Waals surface area (Å²) in [6, 6.07) is 10.6. The van der Waals surface area contributed by atoms with Crippen LogP contribution in [0.3, 0.4) is 0 Å². The first-order valence-corrected chi connectivity index (χ1v) is 8.53. The number of hydrogen-bond acceptors (Lipinski definition) is 3. The predicted octanol–water partition coefficient (Wildman–Crippen LogP) is 3.77. The van der Waals surface area contributed by atoms with Crippen LogP contribution < -0.4 is 10.6 Å². The van der Waals surface area contributed by atoms with Gasteiger partial charge in [-0.05, 0) is 52.7 Å². The van der Waals surface area contributed by atoms with Crippen LogP contribution in [0.1, 0.15) is 28.2 Å². The van der Waals surface area contributed by atoms with Crippen LogP contribution in [0.25, 0.3) is 0 Å². The quantitative estimate of drug-likeness (QED) is 0.801. The number of nitrogens with one attached hydrogen (secondary N) is 2. The Bertz CT molecular complexity index is 672. The van der Waals surface area contributed by atoms with Crippen LogP contribution in [-0.2, 0) is 4.79 Å². The fourth-order valence-corrected chi connectivity index (χ4v) is 3.24. The van der Waals surface area contributed by atoms with Crippen LogP contribution in [0.15, 0.2) is 40.2 Å². The van der Waals surface area contributed by atoms with Crippen molar-refractivity contribution < 1.29 is 9.59 Å². The molecule has 0 saturated carbocycles. The first kappa shape index (κ1) is 17.0. The third-order valence-electron chi connectivity index (χ3n) is 2.95. The smallest absolute Gasteiger partial charge is 0.261 e. The Kier molecular flexibility index (Phi) is 5.99. The van der Waals surface area contributed by atoms with Crippen molar-refractivity contribution in [2.75, 3.05) is 6.54 Å². The predicted molar refractivity (Wildman–Crippen MR) is 92.4 cm³/mol. The van der Waals surface area contributed by atoms with E-state index in [-0.39, 0.29) is 24.4 Å². The summed E-state index contributed by atoms with van der Waals surface area (Å²) in [6.45, 7) is 1.81. The largest absolute Gasteiger partial charge is 0.348 e. The summed E-state index contributed by atoms with van der Waals surface area (Å²) in [6.07, 6.45) is 0. The van der Waals surface area contributed by atoms with Gasteiger partial charge in [0, 0.05) is 5.02 Å². The molecule has 1 aromatic heterocycles. The van der Waals surface area contributed by atoms with Gasteiger partial charge >= 0.3 is 0 Å². The van der Waals surface area contributed by atoms with Gasteiger partial charge in [-0.15, -0.1) is 11.3 Å². The van der Waals surface area contributed by atoms with Gasteiger partial charge in [0.05, 0.1) is 21.3 Å². The van der Waals surface area contributed by atoms with E-state index in [4.69, 9.17) is 11.6 Å². The molecule has 2 rings (SSSR count). The Morgan fingerprint density at radius 2 is 1.91 bits per heavy atom. The fourth-order valence-electron chi connectivity index (χ4n) is 1.81. The van der Waals surface area contributed by atoms with Crippen molar-refractivity contribution in [1.82, 2.24) is 10.6 Å². The van der Waals surface area contributed by atoms with Crippen LogP contribution in [-0.4, -0.2) is 18.4 Å². The summed E-state index contributed by atoms with van der Waals surface area (Å²) < 4.78 is 0.874. The molecule has 1 unspecified atom stereocenters. The van der Waals surface area contributed by atoms with Gasteiger partial charge in [0.15, 0.2) is 0 Å². The molecule has 2 aromatic rings. The van der Waals surface area contributed by atoms with Crippen molar-refractivity contribution in [3.8, 4) is 0 Å². The van der Waals surface area contributed by atoms with E-state index in [1.165, 1.54) is 11.3 Å². The topological polar surface area (TPSA) is 58.2 Å². The van der Waals surface area contributed by atoms with Gasteiger partial charge in [0.25, 0.3) is 5.91 Å². The number of amides is 2. The molecule has 116 valence electrons. The van der Waals surface area contributed by atoms with E-state index in [9.17, 15) is 9.59 Å². The molecule has 0 radical (unpaired) electrons. The molecule has 4 nitrogen and oxygen atoms in total. The molecule has 0 fully saturated rings. The molecule has 0 aliphatic carbocycles. The van der Waals surface area contributed by atoms with E-state index in [0.29, 0.717) is 9.90 Å². The maximum Gasteiger partial charge on any atom is 0.261 e. The van der Waals surface area contributed by atoms with Crippen molar-refractivity contribution >= 4 is 50.7 Å². The van der Waals surface area contributed by atoms with Crippen LogP contribution in [0.5, 0.6) is 0 Å². The highest BCUT2D eigenvalue weighted by Gasteiger charge is 2.12. The number of benzene rings is 1. The monoisotopic (exact) mass is 400 g/mol. The number of thiophene rings is 1. The summed E-state index contributed by atoms with van der Waals surface area (Å²) >= 11 is 10.4. The van der Waals surface area contributed by atoms with Crippen molar-refractivity contribution in [2.24, 2.45) is 0 Å². The highest BCUT2D eigenvalue weighted by Crippen LogP contribution is 2.21. The Morgan fingerprint density at radius 1 is 1.23 bits per heavy atom. The summed E-state index contributed by atoms with van der Waals surface area (Å²) in [4.78, 5) is 24.3. The van der Waals surface area contributed by atoms with E-state index in [1.807, 2.05) is 19.1 Å². The second kappa shape index (κ2) is 7.76. The SMILES string of the molecule is CC(NC(=O)CNC(=O)c1ccc(Br)s1)c1ccc(Cl)cc1. The third-order valence-corrected chi connectivity index (χ3v) is 4.83. The maximum absolute atomic E-state index is 11.9. The molecule has 1 heterocycles. The minimum absolute atomic E-state index is 0.0632. The molecule has 7 heteroatoms. The zero-order chi connectivity index (χ0) is 16.1. The molecule has 1 atom stereocenters. The molecule has 22 heavy (non-hydrogen) atoms. The highest BCUT2D eigenvalue weighted by atomic mass is 79.9. The molecule has 2 amide bonds. The van der Waals surface area contributed by atoms with Gasteiger partial charge in [0.1, 0.15) is 0 Å². The summed E-state index contributed by atoms with van der Waals surface area (Å²) in [7, 11) is 0. The van der Waals surface area contributed by atoms with Gasteiger partial charge < -0.3 is 10.6 Å². The van der Waals surface area contributed by atoms with E-state index in [2.05, 4.69) is 26.6 Å². The van der Waals surface area contributed by atoms with Crippen LogP contribution in [0.4, 0.5) is 0 Å². The van der Waals surface area contributed by atoms with E-state index < -0.39 is 0 Å². The van der Waals surface area contributed by atoms with Gasteiger partial charge in [0.2, 0.25) is 5.91 Å². The first-order chi connectivity index (χ1) is 10.5. The van der Waals surface area contributed by atoms with Crippen molar-refractivity contribution in [2.45, 2.75) is 13.0 Å². The highest BCUT2D eigenvalue weighted by molar-refractivity contribution is 9.11. The average molecular weight is 402 g/mol. The van der Waals surface area contributed by atoms with E-state index in [1.54, 1.807) is 24.3 Å². The molecular formula is C15H14BrClN2O2S. The summed E-state index contributed by atoms with van der Waals surface area (Å²) in [5, 5.41) is 6.07. The number of rotatable bonds is 5. The Hall–Kier alpha value is -1.37. The molecule has 0 spiro atoms. The second-order valence-corrected chi connectivity index (χ2v) is 7.53. The molecular weight excluding hydrogens is 388 g/mol. The first-order valence-electron chi connectivity index (χ1n) is 6.54. The average Bonchev–Trinajstić information content (AvgIpc) is 2.92. The van der Waals surface area contributed by atoms with Crippen LogP contribution in [0.2, 0.25) is 5.02 Å². The minimum Gasteiger partial charge on any atom is -0.348 e. The third kappa shape index (κ3) is 4.83. The normalized spacial score (nSPS) is 11.8. The summed E-state index contributed by atoms with van der Waals surface area (Å²) in [5.41, 5.74) is 0.950. The van der Waals surface area contributed by atoms with Crippen molar-refractivity contribution in [3.05, 3.63) is 55.6 Å². The van der Waals surface area contributed by atoms with Gasteiger partial charge in [-0.2, -0.15) is 0 Å². The molecule has 0 bridgehead atoms. The lowest BCUT2D eigenvalue weighted by atomic mass is 10.1. The molecule has 0 aliphatic rings. The molecule has 0 aliphatic heterocycles. The Labute approximate surface area is 146 Å². The zero-order valence-corrected chi connectivity index (χ0v) is 14.9. The second-order valence-electron chi connectivity index (χ2n) is 4.63. The van der Waals surface area contributed by atoms with Crippen LogP contribution >= 0.6 is 38.9 Å². The van der Waals surface area contributed by atoms with Gasteiger partial charge in [-0.1, -0.05) is 23.7 Å². The zero-order valence-electron chi connectivity index (χ0n) is 11.7. The number of hydrogen-bond donors (Lipinski definition) is 2. The number of halogens is 2. The standard InChI is InChI=1S/C15H14BrClN2O2S/c1-9(10-2-4-11(17)5-3-10)19-14(20)8-18-15(21)12-6-7-13(16)22-12/h2-7,9H,8H2,1H3,(H,18,21)(H,19,20). The van der Waals surface area contributed by atoms with Crippen LogP contribution in [0, 0.1) is 0 Å². The molecule has 1 aromatic carbocycles. The number of carbonyl (C=O) groups is 2. The molecule has 0 saturated heterocycles. The Morgan fingerprint density at radius 3 is 2.50 bits per heavy atom. The van der Waals surface area contributed by atoms with Crippen molar-refractivity contribution in [1.29, 1.82) is 0 Å². The lowest BCUT2D eigenvalue weighted by Crippen LogP contribution is -2.37. The number of carbonyl (C=O) groups excluding carboxylic acids is 2. The maximum atomic E-state index is 11.9. The lowest BCUT2D eigenvalue weighted by Gasteiger charge is -2.14. The Balaban J connectivity index is 1.82.